The Bertz CT molecular complexity index is 515. The third-order valence-electron chi connectivity index (χ3n) is 3.10. The van der Waals surface area contributed by atoms with Crippen LogP contribution in [0.4, 0.5) is 4.79 Å². The van der Waals surface area contributed by atoms with Crippen LogP contribution >= 0.6 is 0 Å². The van der Waals surface area contributed by atoms with Gasteiger partial charge in [-0.25, -0.2) is 14.4 Å². The number of carboxylic acid groups (broad SMARTS) is 1. The minimum Gasteiger partial charge on any atom is -0.481 e. The van der Waals surface area contributed by atoms with Gasteiger partial charge in [0.05, 0.1) is 6.42 Å². The first kappa shape index (κ1) is 21.8. The average Bonchev–Trinajstić information content (AvgIpc) is 2.33. The zero-order valence-electron chi connectivity index (χ0n) is 14.8. The van der Waals surface area contributed by atoms with Gasteiger partial charge in [0.15, 0.2) is 5.54 Å². The monoisotopic (exact) mass is 347 g/mol. The molecule has 0 saturated carbocycles. The van der Waals surface area contributed by atoms with Crippen molar-refractivity contribution in [3.63, 3.8) is 0 Å². The maximum Gasteiger partial charge on any atom is 0.408 e. The fourth-order valence-corrected chi connectivity index (χ4v) is 1.85. The fraction of sp³-hybridized carbons (Fsp3) is 0.733. The van der Waals surface area contributed by atoms with Crippen molar-refractivity contribution in [3.8, 4) is 0 Å². The van der Waals surface area contributed by atoms with Crippen LogP contribution in [0.5, 0.6) is 0 Å². The van der Waals surface area contributed by atoms with Crippen LogP contribution < -0.4 is 5.32 Å². The van der Waals surface area contributed by atoms with Crippen LogP contribution in [0.1, 0.15) is 48.0 Å². The van der Waals surface area contributed by atoms with Crippen molar-refractivity contribution in [3.05, 3.63) is 0 Å². The Hall–Kier alpha value is -2.16. The molecule has 9 heteroatoms. The minimum absolute atomic E-state index is 0.840. The van der Waals surface area contributed by atoms with Gasteiger partial charge in [-0.05, 0) is 26.2 Å². The lowest BCUT2D eigenvalue weighted by molar-refractivity contribution is -0.172. The summed E-state index contributed by atoms with van der Waals surface area (Å²) >= 11 is 0. The zero-order valence-corrected chi connectivity index (χ0v) is 14.8. The highest BCUT2D eigenvalue weighted by Crippen LogP contribution is 2.35. The molecule has 0 aromatic heterocycles. The molecule has 0 bridgehead atoms. The van der Waals surface area contributed by atoms with E-state index in [9.17, 15) is 19.2 Å². The van der Waals surface area contributed by atoms with Gasteiger partial charge in [0.2, 0.25) is 0 Å². The molecule has 138 valence electrons. The molecule has 0 aliphatic rings. The van der Waals surface area contributed by atoms with E-state index in [4.69, 9.17) is 14.9 Å². The van der Waals surface area contributed by atoms with Gasteiger partial charge in [0.1, 0.15) is 12.2 Å². The quantitative estimate of drug-likeness (QED) is 0.491. The molecule has 9 nitrogen and oxygen atoms in total. The predicted molar refractivity (Wildman–Crippen MR) is 82.0 cm³/mol. The number of alkyl carbamates (subject to hydrolysis) is 1. The van der Waals surface area contributed by atoms with Gasteiger partial charge in [-0.15, -0.1) is 0 Å². The second kappa shape index (κ2) is 7.61. The Labute approximate surface area is 140 Å². The first-order chi connectivity index (χ1) is 10.6. The fourth-order valence-electron chi connectivity index (χ4n) is 1.85. The lowest BCUT2D eigenvalue weighted by Crippen LogP contribution is -2.64. The van der Waals surface area contributed by atoms with Crippen molar-refractivity contribution < 1.29 is 38.9 Å². The van der Waals surface area contributed by atoms with Crippen LogP contribution in [0.3, 0.4) is 0 Å². The van der Waals surface area contributed by atoms with E-state index in [1.54, 1.807) is 20.8 Å². The number of aliphatic hydroxyl groups excluding tert-OH is 1. The summed E-state index contributed by atoms with van der Waals surface area (Å²) in [6.45, 7) is 8.21. The Kier molecular flexibility index (Phi) is 6.92. The first-order valence-corrected chi connectivity index (χ1v) is 7.23. The third-order valence-corrected chi connectivity index (χ3v) is 3.10. The van der Waals surface area contributed by atoms with Gasteiger partial charge in [0, 0.05) is 0 Å². The number of hydrogen-bond acceptors (Lipinski definition) is 7. The molecule has 1 amide bonds. The predicted octanol–water partition coefficient (Wildman–Crippen LogP) is 0.833. The Morgan fingerprint density at radius 1 is 1.00 bits per heavy atom. The number of carbonyl (C=O) groups is 4. The average molecular weight is 347 g/mol. The van der Waals surface area contributed by atoms with Gasteiger partial charge in [-0.3, -0.25) is 4.79 Å². The zero-order chi connectivity index (χ0) is 19.3. The second-order valence-electron chi connectivity index (χ2n) is 7.27. The van der Waals surface area contributed by atoms with Crippen LogP contribution in [0.2, 0.25) is 0 Å². The van der Waals surface area contributed by atoms with E-state index in [2.05, 4.69) is 10.1 Å². The van der Waals surface area contributed by atoms with Crippen molar-refractivity contribution in [2.24, 2.45) is 5.41 Å². The lowest BCUT2D eigenvalue weighted by atomic mass is 9.71. The van der Waals surface area contributed by atoms with E-state index < -0.39 is 53.6 Å². The van der Waals surface area contributed by atoms with Crippen LogP contribution in [-0.2, 0) is 23.9 Å². The molecule has 0 spiro atoms. The number of amides is 1. The van der Waals surface area contributed by atoms with Crippen molar-refractivity contribution in [1.29, 1.82) is 0 Å². The van der Waals surface area contributed by atoms with Crippen LogP contribution in [-0.4, -0.2) is 52.0 Å². The molecule has 0 aromatic carbocycles. The lowest BCUT2D eigenvalue weighted by Gasteiger charge is -2.41. The maximum absolute atomic E-state index is 12.4. The van der Waals surface area contributed by atoms with Gasteiger partial charge in [-0.2, -0.15) is 0 Å². The molecule has 0 saturated heterocycles. The summed E-state index contributed by atoms with van der Waals surface area (Å²) in [6, 6.07) is 0. The van der Waals surface area contributed by atoms with Crippen molar-refractivity contribution in [2.75, 3.05) is 6.61 Å². The van der Waals surface area contributed by atoms with Gasteiger partial charge < -0.3 is 25.0 Å². The number of aliphatic hydroxyl groups is 1. The molecular weight excluding hydrogens is 322 g/mol. The van der Waals surface area contributed by atoms with Crippen molar-refractivity contribution >= 4 is 24.0 Å². The number of carbonyl (C=O) groups excluding carboxylic acids is 3. The summed E-state index contributed by atoms with van der Waals surface area (Å²) in [5.41, 5.74) is -4.11. The third kappa shape index (κ3) is 6.15. The summed E-state index contributed by atoms with van der Waals surface area (Å²) in [5, 5.41) is 20.1. The standard InChI is InChI=1S/C15H25NO8/c1-13(2,3)15(7-9(18)19,11(21)23-10(20)8-17)16-12(22)24-14(4,5)6/h17H,7-8H2,1-6H3,(H,16,22)(H,18,19)/t15-/m0/s1. The van der Waals surface area contributed by atoms with Gasteiger partial charge >= 0.3 is 24.0 Å². The molecule has 0 aromatic rings. The number of rotatable bonds is 5. The molecule has 0 radical (unpaired) electrons. The van der Waals surface area contributed by atoms with E-state index in [1.165, 1.54) is 20.8 Å². The summed E-state index contributed by atoms with van der Waals surface area (Å²) in [5.74, 6) is -3.94. The van der Waals surface area contributed by atoms with E-state index >= 15 is 0 Å². The number of hydrogen-bond donors (Lipinski definition) is 3. The van der Waals surface area contributed by atoms with E-state index in [0.29, 0.717) is 0 Å². The van der Waals surface area contributed by atoms with Crippen molar-refractivity contribution in [2.45, 2.75) is 59.1 Å². The second-order valence-corrected chi connectivity index (χ2v) is 7.27. The Balaban J connectivity index is 5.85. The molecule has 0 rings (SSSR count). The Morgan fingerprint density at radius 2 is 1.50 bits per heavy atom. The molecule has 0 heterocycles. The number of nitrogens with one attached hydrogen (secondary N) is 1. The Morgan fingerprint density at radius 3 is 1.83 bits per heavy atom. The summed E-state index contributed by atoms with van der Waals surface area (Å²) < 4.78 is 9.53. The molecular formula is C15H25NO8. The SMILES string of the molecule is CC(C)(C)OC(=O)N[C@@](CC(=O)O)(C(=O)OC(=O)CO)C(C)(C)C. The highest BCUT2D eigenvalue weighted by molar-refractivity contribution is 5.96. The normalized spacial score (nSPS) is 14.3. The largest absolute Gasteiger partial charge is 0.481 e. The number of ether oxygens (including phenoxy) is 2. The molecule has 1 atom stereocenters. The molecule has 3 N–H and O–H groups in total. The smallest absolute Gasteiger partial charge is 0.408 e. The van der Waals surface area contributed by atoms with E-state index in [-0.39, 0.29) is 0 Å². The molecule has 0 fully saturated rings. The van der Waals surface area contributed by atoms with Gasteiger partial charge in [0.25, 0.3) is 0 Å². The van der Waals surface area contributed by atoms with Crippen LogP contribution in [0.15, 0.2) is 0 Å². The van der Waals surface area contributed by atoms with Crippen molar-refractivity contribution in [1.82, 2.24) is 5.32 Å². The molecule has 0 aliphatic carbocycles. The highest BCUT2D eigenvalue weighted by Gasteiger charge is 2.54. The number of aliphatic carboxylic acids is 1. The summed E-state index contributed by atoms with van der Waals surface area (Å²) in [7, 11) is 0. The molecule has 0 unspecified atom stereocenters. The molecule has 24 heavy (non-hydrogen) atoms. The summed E-state index contributed by atoms with van der Waals surface area (Å²) in [6.07, 6.45) is -1.88. The van der Waals surface area contributed by atoms with Crippen LogP contribution in [0.25, 0.3) is 0 Å². The van der Waals surface area contributed by atoms with Crippen LogP contribution in [0, 0.1) is 5.41 Å². The topological polar surface area (TPSA) is 139 Å². The minimum atomic E-state index is -2.08. The number of carboxylic acids is 1. The number of esters is 2. The molecule has 0 aliphatic heterocycles. The van der Waals surface area contributed by atoms with E-state index in [0.717, 1.165) is 0 Å². The maximum atomic E-state index is 12.4. The summed E-state index contributed by atoms with van der Waals surface area (Å²) in [4.78, 5) is 47.0. The van der Waals surface area contributed by atoms with Gasteiger partial charge in [-0.1, -0.05) is 20.8 Å². The van der Waals surface area contributed by atoms with E-state index in [1.807, 2.05) is 0 Å². The first-order valence-electron chi connectivity index (χ1n) is 7.23. The highest BCUT2D eigenvalue weighted by atomic mass is 16.6.